The molecule has 2 aromatic carbocycles. The van der Waals surface area contributed by atoms with Gasteiger partial charge in [0.1, 0.15) is 0 Å². The normalized spacial score (nSPS) is 10.7. The van der Waals surface area contributed by atoms with Crippen LogP contribution in [-0.2, 0) is 12.6 Å². The van der Waals surface area contributed by atoms with E-state index in [1.54, 1.807) is 6.07 Å². The van der Waals surface area contributed by atoms with Gasteiger partial charge in [0.05, 0.1) is 16.3 Å². The van der Waals surface area contributed by atoms with Gasteiger partial charge in [0.2, 0.25) is 0 Å². The summed E-state index contributed by atoms with van der Waals surface area (Å²) in [5, 5.41) is 13.3. The van der Waals surface area contributed by atoms with Gasteiger partial charge in [-0.05, 0) is 42.3 Å². The van der Waals surface area contributed by atoms with Crippen molar-refractivity contribution in [3.8, 4) is 0 Å². The van der Waals surface area contributed by atoms with Crippen LogP contribution in [0.25, 0.3) is 0 Å². The number of aryl methyl sites for hydroxylation is 1. The van der Waals surface area contributed by atoms with Gasteiger partial charge in [0.15, 0.2) is 5.96 Å². The molecule has 3 N–H and O–H groups in total. The number of halogens is 5. The third-order valence-corrected chi connectivity index (χ3v) is 3.49. The zero-order valence-electron chi connectivity index (χ0n) is 12.7. The third kappa shape index (κ3) is 5.32. The van der Waals surface area contributed by atoms with Gasteiger partial charge >= 0.3 is 6.18 Å². The molecule has 0 unspecified atom stereocenters. The van der Waals surface area contributed by atoms with Crippen LogP contribution in [0.5, 0.6) is 0 Å². The maximum atomic E-state index is 12.7. The molecule has 8 heteroatoms. The van der Waals surface area contributed by atoms with Gasteiger partial charge in [-0.25, -0.2) is 0 Å². The van der Waals surface area contributed by atoms with Crippen molar-refractivity contribution >= 4 is 41.3 Å². The monoisotopic (exact) mass is 377 g/mol. The van der Waals surface area contributed by atoms with Crippen molar-refractivity contribution in [2.24, 2.45) is 0 Å². The summed E-state index contributed by atoms with van der Waals surface area (Å²) < 4.78 is 38.2. The number of anilines is 2. The smallest absolute Gasteiger partial charge is 0.326 e. The Bertz CT molecular complexity index is 718. The molecule has 2 rings (SSSR count). The minimum absolute atomic E-state index is 0. The van der Waals surface area contributed by atoms with Crippen molar-refractivity contribution in [1.29, 1.82) is 5.41 Å². The average Bonchev–Trinajstić information content (AvgIpc) is 2.48. The highest BCUT2D eigenvalue weighted by atomic mass is 35.5. The van der Waals surface area contributed by atoms with Crippen molar-refractivity contribution in [3.05, 3.63) is 58.6 Å². The van der Waals surface area contributed by atoms with Crippen LogP contribution < -0.4 is 10.6 Å². The predicted octanol–water partition coefficient (Wildman–Crippen LogP) is 5.80. The first kappa shape index (κ1) is 20.1. The lowest BCUT2D eigenvalue weighted by Gasteiger charge is -2.14. The fraction of sp³-hybridized carbons (Fsp3) is 0.188. The molecule has 0 aromatic heterocycles. The van der Waals surface area contributed by atoms with Gasteiger partial charge in [0, 0.05) is 5.69 Å². The van der Waals surface area contributed by atoms with Crippen molar-refractivity contribution in [2.45, 2.75) is 19.5 Å². The molecule has 2 aromatic rings. The van der Waals surface area contributed by atoms with Crippen LogP contribution in [0.2, 0.25) is 5.02 Å². The van der Waals surface area contributed by atoms with Crippen molar-refractivity contribution in [1.82, 2.24) is 0 Å². The predicted molar refractivity (Wildman–Crippen MR) is 94.5 cm³/mol. The van der Waals surface area contributed by atoms with Crippen LogP contribution in [0, 0.1) is 5.41 Å². The number of guanidine groups is 1. The Hall–Kier alpha value is -1.92. The zero-order valence-corrected chi connectivity index (χ0v) is 14.2. The minimum atomic E-state index is -4.47. The maximum Gasteiger partial charge on any atom is 0.416 e. The van der Waals surface area contributed by atoms with Crippen LogP contribution in [0.4, 0.5) is 24.5 Å². The van der Waals surface area contributed by atoms with Crippen LogP contribution in [0.1, 0.15) is 18.1 Å². The Morgan fingerprint density at radius 1 is 1.12 bits per heavy atom. The van der Waals surface area contributed by atoms with Gasteiger partial charge in [0.25, 0.3) is 0 Å². The summed E-state index contributed by atoms with van der Waals surface area (Å²) in [4.78, 5) is 0. The molecule has 0 atom stereocenters. The van der Waals surface area contributed by atoms with E-state index in [0.717, 1.165) is 30.2 Å². The molecule has 0 heterocycles. The fourth-order valence-corrected chi connectivity index (χ4v) is 2.14. The molecule has 0 aliphatic rings. The van der Waals surface area contributed by atoms with E-state index in [-0.39, 0.29) is 29.1 Å². The summed E-state index contributed by atoms with van der Waals surface area (Å²) in [5.41, 5.74) is 0.945. The second kappa shape index (κ2) is 8.26. The van der Waals surface area contributed by atoms with Crippen LogP contribution in [0.3, 0.4) is 0 Å². The highest BCUT2D eigenvalue weighted by Crippen LogP contribution is 2.33. The summed E-state index contributed by atoms with van der Waals surface area (Å²) in [6.45, 7) is 2.01. The Morgan fingerprint density at radius 2 is 1.83 bits per heavy atom. The summed E-state index contributed by atoms with van der Waals surface area (Å²) in [7, 11) is 0. The molecule has 0 radical (unpaired) electrons. The van der Waals surface area contributed by atoms with Gasteiger partial charge in [-0.15, -0.1) is 12.4 Å². The van der Waals surface area contributed by atoms with Crippen molar-refractivity contribution in [2.75, 3.05) is 10.6 Å². The van der Waals surface area contributed by atoms with E-state index in [0.29, 0.717) is 5.69 Å². The second-order valence-electron chi connectivity index (χ2n) is 4.87. The number of nitrogens with one attached hydrogen (secondary N) is 3. The molecule has 24 heavy (non-hydrogen) atoms. The van der Waals surface area contributed by atoms with Crippen LogP contribution >= 0.6 is 24.0 Å². The summed E-state index contributed by atoms with van der Waals surface area (Å²) in [5.74, 6) is -0.167. The topological polar surface area (TPSA) is 47.9 Å². The molecule has 0 aliphatic heterocycles. The van der Waals surface area contributed by atoms with Crippen LogP contribution in [-0.4, -0.2) is 5.96 Å². The summed E-state index contributed by atoms with van der Waals surface area (Å²) >= 11 is 5.89. The van der Waals surface area contributed by atoms with E-state index in [9.17, 15) is 13.2 Å². The quantitative estimate of drug-likeness (QED) is 0.467. The highest BCUT2D eigenvalue weighted by molar-refractivity contribution is 6.33. The molecule has 0 saturated carbocycles. The van der Waals surface area contributed by atoms with Crippen LogP contribution in [0.15, 0.2) is 42.5 Å². The number of hydrogen-bond acceptors (Lipinski definition) is 1. The number of rotatable bonds is 3. The van der Waals surface area contributed by atoms with E-state index in [4.69, 9.17) is 17.0 Å². The van der Waals surface area contributed by atoms with E-state index < -0.39 is 11.7 Å². The summed E-state index contributed by atoms with van der Waals surface area (Å²) in [6.07, 6.45) is -3.62. The summed E-state index contributed by atoms with van der Waals surface area (Å²) in [6, 6.07) is 10.3. The molecule has 0 bridgehead atoms. The Morgan fingerprint density at radius 3 is 2.46 bits per heavy atom. The molecular weight excluding hydrogens is 362 g/mol. The lowest BCUT2D eigenvalue weighted by molar-refractivity contribution is -0.137. The standard InChI is InChI=1S/C16H15ClF3N3.ClH/c1-2-10-4-3-5-12(8-10)22-15(21)23-14-9-11(16(18,19)20)6-7-13(14)17;/h3-9H,2H2,1H3,(H3,21,22,23);1H. The van der Waals surface area contributed by atoms with Gasteiger partial charge in [-0.3, -0.25) is 5.41 Å². The van der Waals surface area contributed by atoms with Crippen molar-refractivity contribution in [3.63, 3.8) is 0 Å². The van der Waals surface area contributed by atoms with E-state index in [1.807, 2.05) is 25.1 Å². The molecule has 0 amide bonds. The molecule has 0 fully saturated rings. The lowest BCUT2D eigenvalue weighted by atomic mass is 10.1. The second-order valence-corrected chi connectivity index (χ2v) is 5.28. The molecule has 0 spiro atoms. The van der Waals surface area contributed by atoms with Gasteiger partial charge in [-0.2, -0.15) is 13.2 Å². The number of benzene rings is 2. The van der Waals surface area contributed by atoms with E-state index in [2.05, 4.69) is 10.6 Å². The van der Waals surface area contributed by atoms with Gasteiger partial charge < -0.3 is 10.6 Å². The lowest BCUT2D eigenvalue weighted by Crippen LogP contribution is -2.21. The molecule has 130 valence electrons. The Labute approximate surface area is 149 Å². The number of hydrogen-bond donors (Lipinski definition) is 3. The maximum absolute atomic E-state index is 12.7. The van der Waals surface area contributed by atoms with E-state index >= 15 is 0 Å². The average molecular weight is 378 g/mol. The van der Waals surface area contributed by atoms with Gasteiger partial charge in [-0.1, -0.05) is 30.7 Å². The minimum Gasteiger partial charge on any atom is -0.326 e. The molecular formula is C16H16Cl2F3N3. The first-order valence-electron chi connectivity index (χ1n) is 6.88. The highest BCUT2D eigenvalue weighted by Gasteiger charge is 2.31. The largest absolute Gasteiger partial charge is 0.416 e. The molecule has 0 saturated heterocycles. The fourth-order valence-electron chi connectivity index (χ4n) is 1.98. The zero-order chi connectivity index (χ0) is 17.0. The molecule has 0 aliphatic carbocycles. The Balaban J connectivity index is 0.00000288. The van der Waals surface area contributed by atoms with E-state index in [1.165, 1.54) is 0 Å². The third-order valence-electron chi connectivity index (χ3n) is 3.16. The first-order chi connectivity index (χ1) is 10.8. The number of alkyl halides is 3. The first-order valence-corrected chi connectivity index (χ1v) is 7.25. The Kier molecular flexibility index (Phi) is 6.93. The molecule has 3 nitrogen and oxygen atoms in total. The van der Waals surface area contributed by atoms with Crippen molar-refractivity contribution < 1.29 is 13.2 Å². The SMILES string of the molecule is CCc1cccc(NC(=N)Nc2cc(C(F)(F)F)ccc2Cl)c1.Cl.